The quantitative estimate of drug-likeness (QED) is 0.802. The summed E-state index contributed by atoms with van der Waals surface area (Å²) in [4.78, 5) is 18.6. The second-order valence-electron chi connectivity index (χ2n) is 5.30. The number of benzene rings is 1. The van der Waals surface area contributed by atoms with E-state index < -0.39 is 0 Å². The number of carbonyl (C=O) groups is 1. The van der Waals surface area contributed by atoms with Gasteiger partial charge in [-0.2, -0.15) is 0 Å². The number of hydrogen-bond acceptors (Lipinski definition) is 4. The van der Waals surface area contributed by atoms with Crippen LogP contribution in [0.4, 0.5) is 11.4 Å². The van der Waals surface area contributed by atoms with Gasteiger partial charge in [0.2, 0.25) is 5.91 Å². The van der Waals surface area contributed by atoms with E-state index in [9.17, 15) is 4.79 Å². The molecule has 1 aromatic carbocycles. The highest BCUT2D eigenvalue weighted by Crippen LogP contribution is 2.17. The van der Waals surface area contributed by atoms with Crippen LogP contribution in [0.2, 0.25) is 0 Å². The molecule has 5 heteroatoms. The van der Waals surface area contributed by atoms with Crippen molar-refractivity contribution < 1.29 is 4.79 Å². The summed E-state index contributed by atoms with van der Waals surface area (Å²) in [6, 6.07) is 12.9. The van der Waals surface area contributed by atoms with Crippen LogP contribution < -0.4 is 11.1 Å². The van der Waals surface area contributed by atoms with Crippen LogP contribution in [-0.2, 0) is 11.2 Å². The molecule has 2 aromatic rings. The Bertz CT molecular complexity index is 615. The highest BCUT2D eigenvalue weighted by atomic mass is 16.2. The maximum Gasteiger partial charge on any atom is 0.241 e. The van der Waals surface area contributed by atoms with Crippen LogP contribution in [0.5, 0.6) is 0 Å². The lowest BCUT2D eigenvalue weighted by molar-refractivity contribution is -0.120. The highest BCUT2D eigenvalue weighted by Gasteiger charge is 2.18. The average molecular weight is 298 g/mol. The average Bonchev–Trinajstić information content (AvgIpc) is 2.55. The Balaban J connectivity index is 1.88. The van der Waals surface area contributed by atoms with E-state index >= 15 is 0 Å². The molecule has 3 N–H and O–H groups in total. The van der Waals surface area contributed by atoms with E-state index in [2.05, 4.69) is 10.3 Å². The van der Waals surface area contributed by atoms with E-state index in [0.29, 0.717) is 11.4 Å². The first-order chi connectivity index (χ1) is 10.6. The number of amides is 1. The van der Waals surface area contributed by atoms with E-state index in [1.807, 2.05) is 49.2 Å². The lowest BCUT2D eigenvalue weighted by Gasteiger charge is -2.24. The molecule has 0 aliphatic rings. The minimum absolute atomic E-state index is 0.0681. The molecule has 0 fully saturated rings. The molecule has 1 heterocycles. The summed E-state index contributed by atoms with van der Waals surface area (Å²) in [5.41, 5.74) is 8.08. The monoisotopic (exact) mass is 298 g/mol. The second kappa shape index (κ2) is 7.56. The van der Waals surface area contributed by atoms with Crippen LogP contribution in [0, 0.1) is 0 Å². The van der Waals surface area contributed by atoms with Crippen molar-refractivity contribution in [1.29, 1.82) is 0 Å². The molecule has 1 unspecified atom stereocenters. The van der Waals surface area contributed by atoms with E-state index in [4.69, 9.17) is 5.73 Å². The fourth-order valence-electron chi connectivity index (χ4n) is 2.08. The first-order valence-corrected chi connectivity index (χ1v) is 7.33. The Morgan fingerprint density at radius 3 is 2.68 bits per heavy atom. The number of para-hydroxylation sites is 2. The van der Waals surface area contributed by atoms with Gasteiger partial charge in [-0.25, -0.2) is 0 Å². The maximum absolute atomic E-state index is 12.3. The van der Waals surface area contributed by atoms with Crippen LogP contribution >= 0.6 is 0 Å². The topological polar surface area (TPSA) is 71.2 Å². The van der Waals surface area contributed by atoms with E-state index in [1.165, 1.54) is 0 Å². The fraction of sp³-hybridized carbons (Fsp3) is 0.294. The van der Waals surface area contributed by atoms with Crippen molar-refractivity contribution >= 4 is 17.3 Å². The van der Waals surface area contributed by atoms with Crippen LogP contribution in [-0.4, -0.2) is 35.4 Å². The van der Waals surface area contributed by atoms with Crippen molar-refractivity contribution in [3.63, 3.8) is 0 Å². The van der Waals surface area contributed by atoms with Crippen molar-refractivity contribution in [2.45, 2.75) is 19.4 Å². The van der Waals surface area contributed by atoms with Gasteiger partial charge in [-0.15, -0.1) is 0 Å². The first kappa shape index (κ1) is 16.0. The third-order valence-corrected chi connectivity index (χ3v) is 3.71. The number of pyridine rings is 1. The van der Waals surface area contributed by atoms with Crippen molar-refractivity contribution in [1.82, 2.24) is 9.88 Å². The molecule has 1 amide bonds. The SMILES string of the molecule is CC(C(=O)Nc1ccccc1N)N(C)CCc1ccccn1. The van der Waals surface area contributed by atoms with Crippen LogP contribution in [0.1, 0.15) is 12.6 Å². The van der Waals surface area contributed by atoms with Crippen LogP contribution in [0.3, 0.4) is 0 Å². The van der Waals surface area contributed by atoms with E-state index in [-0.39, 0.29) is 11.9 Å². The number of carbonyl (C=O) groups excluding carboxylic acids is 1. The van der Waals surface area contributed by atoms with Gasteiger partial charge in [-0.3, -0.25) is 14.7 Å². The lowest BCUT2D eigenvalue weighted by Crippen LogP contribution is -2.40. The Hall–Kier alpha value is -2.40. The molecular formula is C17H22N4O. The van der Waals surface area contributed by atoms with Gasteiger partial charge in [0.05, 0.1) is 17.4 Å². The molecule has 5 nitrogen and oxygen atoms in total. The van der Waals surface area contributed by atoms with Crippen LogP contribution in [0.15, 0.2) is 48.7 Å². The number of likely N-dealkylation sites (N-methyl/N-ethyl adjacent to an activating group) is 1. The molecule has 1 atom stereocenters. The zero-order chi connectivity index (χ0) is 15.9. The summed E-state index contributed by atoms with van der Waals surface area (Å²) >= 11 is 0. The third-order valence-electron chi connectivity index (χ3n) is 3.71. The van der Waals surface area contributed by atoms with Gasteiger partial charge in [0.15, 0.2) is 0 Å². The van der Waals surface area contributed by atoms with E-state index in [1.54, 1.807) is 18.3 Å². The smallest absolute Gasteiger partial charge is 0.241 e. The number of nitrogens with zero attached hydrogens (tertiary/aromatic N) is 2. The van der Waals surface area contributed by atoms with Gasteiger partial charge in [-0.1, -0.05) is 18.2 Å². The van der Waals surface area contributed by atoms with Gasteiger partial charge >= 0.3 is 0 Å². The Morgan fingerprint density at radius 2 is 2.00 bits per heavy atom. The first-order valence-electron chi connectivity index (χ1n) is 7.33. The minimum Gasteiger partial charge on any atom is -0.397 e. The molecule has 0 spiro atoms. The molecule has 0 aliphatic heterocycles. The Labute approximate surface area is 131 Å². The van der Waals surface area contributed by atoms with E-state index in [0.717, 1.165) is 18.7 Å². The van der Waals surface area contributed by atoms with Crippen molar-refractivity contribution in [2.75, 3.05) is 24.6 Å². The number of rotatable bonds is 6. The highest BCUT2D eigenvalue weighted by molar-refractivity contribution is 5.96. The number of anilines is 2. The summed E-state index contributed by atoms with van der Waals surface area (Å²) in [5.74, 6) is -0.0681. The molecule has 1 aromatic heterocycles. The summed E-state index contributed by atoms with van der Waals surface area (Å²) in [6.07, 6.45) is 2.59. The van der Waals surface area contributed by atoms with Gasteiger partial charge in [-0.05, 0) is 38.2 Å². The van der Waals surface area contributed by atoms with Gasteiger partial charge in [0.25, 0.3) is 0 Å². The summed E-state index contributed by atoms with van der Waals surface area (Å²) in [6.45, 7) is 2.64. The summed E-state index contributed by atoms with van der Waals surface area (Å²) in [7, 11) is 1.93. The third kappa shape index (κ3) is 4.30. The van der Waals surface area contributed by atoms with Gasteiger partial charge in [0, 0.05) is 24.9 Å². The molecule has 0 saturated carbocycles. The zero-order valence-electron chi connectivity index (χ0n) is 13.0. The molecule has 0 aliphatic carbocycles. The normalized spacial score (nSPS) is 12.1. The molecule has 0 radical (unpaired) electrons. The maximum atomic E-state index is 12.3. The molecule has 2 rings (SSSR count). The number of nitrogen functional groups attached to an aromatic ring is 1. The fourth-order valence-corrected chi connectivity index (χ4v) is 2.08. The predicted octanol–water partition coefficient (Wildman–Crippen LogP) is 2.17. The zero-order valence-corrected chi connectivity index (χ0v) is 13.0. The van der Waals surface area contributed by atoms with Crippen molar-refractivity contribution in [3.05, 3.63) is 54.4 Å². The second-order valence-corrected chi connectivity index (χ2v) is 5.30. The number of nitrogens with two attached hydrogens (primary N) is 1. The van der Waals surface area contributed by atoms with Crippen LogP contribution in [0.25, 0.3) is 0 Å². The predicted molar refractivity (Wildman–Crippen MR) is 89.5 cm³/mol. The largest absolute Gasteiger partial charge is 0.397 e. The number of hydrogen-bond donors (Lipinski definition) is 2. The Morgan fingerprint density at radius 1 is 1.27 bits per heavy atom. The Kier molecular flexibility index (Phi) is 5.49. The number of aromatic nitrogens is 1. The molecule has 0 bridgehead atoms. The molecule has 22 heavy (non-hydrogen) atoms. The molecular weight excluding hydrogens is 276 g/mol. The molecule has 0 saturated heterocycles. The van der Waals surface area contributed by atoms with Gasteiger partial charge in [0.1, 0.15) is 0 Å². The number of nitrogens with one attached hydrogen (secondary N) is 1. The summed E-state index contributed by atoms with van der Waals surface area (Å²) in [5, 5.41) is 2.87. The standard InChI is InChI=1S/C17H22N4O/c1-13(17(22)20-16-9-4-3-8-15(16)18)21(2)12-10-14-7-5-6-11-19-14/h3-9,11,13H,10,12,18H2,1-2H3,(H,20,22). The molecule has 116 valence electrons. The van der Waals surface area contributed by atoms with Crippen molar-refractivity contribution in [3.8, 4) is 0 Å². The summed E-state index contributed by atoms with van der Waals surface area (Å²) < 4.78 is 0. The minimum atomic E-state index is -0.247. The van der Waals surface area contributed by atoms with Gasteiger partial charge < -0.3 is 11.1 Å². The lowest BCUT2D eigenvalue weighted by atomic mass is 10.2. The van der Waals surface area contributed by atoms with Crippen molar-refractivity contribution in [2.24, 2.45) is 0 Å².